The van der Waals surface area contributed by atoms with Gasteiger partial charge in [-0.3, -0.25) is 14.2 Å². The molecule has 1 atom stereocenters. The lowest BCUT2D eigenvalue weighted by Gasteiger charge is -2.16. The van der Waals surface area contributed by atoms with Crippen LogP contribution in [0, 0.1) is 0 Å². The van der Waals surface area contributed by atoms with Crippen LogP contribution in [0.25, 0.3) is 10.9 Å². The molecule has 3 aromatic carbocycles. The van der Waals surface area contributed by atoms with Crippen LogP contribution < -0.4 is 10.9 Å². The molecular formula is C25H18F3N3O2S2. The fraction of sp³-hybridized carbons (Fsp3) is 0.160. The van der Waals surface area contributed by atoms with Gasteiger partial charge in [-0.05, 0) is 42.5 Å². The van der Waals surface area contributed by atoms with Crippen molar-refractivity contribution >= 4 is 46.0 Å². The number of para-hydroxylation sites is 2. The number of carbonyl (C=O) groups excluding carboxylic acids is 1. The number of alkyl halides is 3. The standard InChI is InChI=1S/C25H18F3N3O2S2/c26-25(27,28)16-7-5-6-15(12-16)22(32)29-20-10-3-4-11-21(20)34-13-17-14-35-24-30-19-9-2-1-8-18(19)23(33)31(17)24/h1-12,17H,13-14H2,(H,29,32)/t17-/m0/s1. The van der Waals surface area contributed by atoms with E-state index in [1.807, 2.05) is 30.3 Å². The molecule has 5 rings (SSSR count). The van der Waals surface area contributed by atoms with Crippen molar-refractivity contribution in [2.75, 3.05) is 16.8 Å². The minimum atomic E-state index is -4.53. The van der Waals surface area contributed by atoms with Gasteiger partial charge >= 0.3 is 6.18 Å². The third-order valence-corrected chi connectivity index (χ3v) is 7.88. The highest BCUT2D eigenvalue weighted by atomic mass is 32.2. The summed E-state index contributed by atoms with van der Waals surface area (Å²) in [5.41, 5.74) is 0.136. The van der Waals surface area contributed by atoms with Crippen LogP contribution in [0.3, 0.4) is 0 Å². The maximum absolute atomic E-state index is 13.1. The average Bonchev–Trinajstić information content (AvgIpc) is 3.26. The number of thioether (sulfide) groups is 2. The maximum atomic E-state index is 13.1. The fourth-order valence-corrected chi connectivity index (χ4v) is 6.21. The molecule has 5 nitrogen and oxygen atoms in total. The number of hydrogen-bond donors (Lipinski definition) is 1. The zero-order valence-corrected chi connectivity index (χ0v) is 19.7. The molecule has 1 aliphatic heterocycles. The van der Waals surface area contributed by atoms with E-state index in [1.54, 1.807) is 22.8 Å². The summed E-state index contributed by atoms with van der Waals surface area (Å²) in [5, 5.41) is 3.98. The molecule has 0 fully saturated rings. The summed E-state index contributed by atoms with van der Waals surface area (Å²) in [7, 11) is 0. The molecule has 1 aromatic heterocycles. The van der Waals surface area contributed by atoms with E-state index in [2.05, 4.69) is 10.3 Å². The number of fused-ring (bicyclic) bond motifs is 2. The number of benzene rings is 3. The first-order valence-electron chi connectivity index (χ1n) is 10.7. The van der Waals surface area contributed by atoms with E-state index < -0.39 is 17.6 Å². The number of aromatic nitrogens is 2. The zero-order chi connectivity index (χ0) is 24.6. The third kappa shape index (κ3) is 4.81. The predicted octanol–water partition coefficient (Wildman–Crippen LogP) is 6.11. The van der Waals surface area contributed by atoms with Gasteiger partial charge in [0.1, 0.15) is 0 Å². The minimum absolute atomic E-state index is 0.0765. The molecule has 0 aliphatic carbocycles. The molecule has 0 radical (unpaired) electrons. The highest BCUT2D eigenvalue weighted by Gasteiger charge is 2.31. The Labute approximate surface area is 206 Å². The highest BCUT2D eigenvalue weighted by Crippen LogP contribution is 2.37. The van der Waals surface area contributed by atoms with Crippen LogP contribution in [-0.2, 0) is 6.18 Å². The summed E-state index contributed by atoms with van der Waals surface area (Å²) >= 11 is 3.00. The number of hydrogen-bond acceptors (Lipinski definition) is 5. The summed E-state index contributed by atoms with van der Waals surface area (Å²) in [4.78, 5) is 31.1. The van der Waals surface area contributed by atoms with Crippen molar-refractivity contribution < 1.29 is 18.0 Å². The highest BCUT2D eigenvalue weighted by molar-refractivity contribution is 8.00. The van der Waals surface area contributed by atoms with E-state index in [0.717, 1.165) is 17.0 Å². The van der Waals surface area contributed by atoms with Gasteiger partial charge in [-0.25, -0.2) is 4.98 Å². The van der Waals surface area contributed by atoms with Crippen LogP contribution in [0.1, 0.15) is 22.0 Å². The first kappa shape index (κ1) is 23.5. The lowest BCUT2D eigenvalue weighted by atomic mass is 10.1. The lowest BCUT2D eigenvalue weighted by molar-refractivity contribution is -0.137. The molecule has 0 unspecified atom stereocenters. The molecule has 0 bridgehead atoms. The topological polar surface area (TPSA) is 64.0 Å². The summed E-state index contributed by atoms with van der Waals surface area (Å²) in [6.07, 6.45) is -4.53. The van der Waals surface area contributed by atoms with Crippen LogP contribution in [0.5, 0.6) is 0 Å². The van der Waals surface area contributed by atoms with Crippen LogP contribution in [0.15, 0.2) is 87.6 Å². The smallest absolute Gasteiger partial charge is 0.321 e. The molecule has 4 aromatic rings. The summed E-state index contributed by atoms with van der Waals surface area (Å²) in [5.74, 6) is 0.638. The molecule has 0 spiro atoms. The van der Waals surface area contributed by atoms with E-state index in [1.165, 1.54) is 35.7 Å². The Hall–Kier alpha value is -3.24. The van der Waals surface area contributed by atoms with E-state index in [0.29, 0.717) is 33.3 Å². The maximum Gasteiger partial charge on any atom is 0.416 e. The van der Waals surface area contributed by atoms with Crippen molar-refractivity contribution in [1.82, 2.24) is 9.55 Å². The number of halogens is 3. The minimum Gasteiger partial charge on any atom is -0.321 e. The zero-order valence-electron chi connectivity index (χ0n) is 18.1. The van der Waals surface area contributed by atoms with Gasteiger partial charge in [0.05, 0.1) is 28.2 Å². The number of nitrogens with one attached hydrogen (secondary N) is 1. The lowest BCUT2D eigenvalue weighted by Crippen LogP contribution is -2.26. The number of amides is 1. The van der Waals surface area contributed by atoms with Gasteiger partial charge in [-0.15, -0.1) is 11.8 Å². The third-order valence-electron chi connectivity index (χ3n) is 5.56. The normalized spacial score (nSPS) is 15.2. The van der Waals surface area contributed by atoms with Crippen LogP contribution in [-0.4, -0.2) is 27.0 Å². The first-order valence-corrected chi connectivity index (χ1v) is 12.6. The largest absolute Gasteiger partial charge is 0.416 e. The van der Waals surface area contributed by atoms with Crippen molar-refractivity contribution in [3.05, 3.63) is 94.3 Å². The van der Waals surface area contributed by atoms with Crippen LogP contribution in [0.4, 0.5) is 18.9 Å². The molecule has 2 heterocycles. The molecule has 1 amide bonds. The number of nitrogens with zero attached hydrogens (tertiary/aromatic N) is 2. The average molecular weight is 514 g/mol. The number of anilines is 1. The van der Waals surface area contributed by atoms with Crippen molar-refractivity contribution in [2.45, 2.75) is 22.3 Å². The molecule has 178 valence electrons. The van der Waals surface area contributed by atoms with Gasteiger partial charge in [0.15, 0.2) is 5.16 Å². The Morgan fingerprint density at radius 3 is 2.69 bits per heavy atom. The molecule has 0 saturated carbocycles. The summed E-state index contributed by atoms with van der Waals surface area (Å²) in [6.45, 7) is 0. The molecule has 10 heteroatoms. The number of carbonyl (C=O) groups is 1. The Morgan fingerprint density at radius 1 is 1.09 bits per heavy atom. The molecule has 1 N–H and O–H groups in total. The Kier molecular flexibility index (Phi) is 6.33. The second-order valence-corrected chi connectivity index (χ2v) is 9.94. The Bertz CT molecular complexity index is 1490. The predicted molar refractivity (Wildman–Crippen MR) is 132 cm³/mol. The van der Waals surface area contributed by atoms with E-state index in [-0.39, 0.29) is 17.2 Å². The first-order chi connectivity index (χ1) is 16.8. The van der Waals surface area contributed by atoms with Gasteiger partial charge < -0.3 is 5.32 Å². The summed E-state index contributed by atoms with van der Waals surface area (Å²) < 4.78 is 40.8. The van der Waals surface area contributed by atoms with Gasteiger partial charge in [-0.1, -0.05) is 42.1 Å². The molecular weight excluding hydrogens is 495 g/mol. The second-order valence-electron chi connectivity index (χ2n) is 7.89. The second kappa shape index (κ2) is 9.43. The van der Waals surface area contributed by atoms with E-state index in [9.17, 15) is 22.8 Å². The van der Waals surface area contributed by atoms with Crippen molar-refractivity contribution in [3.8, 4) is 0 Å². The van der Waals surface area contributed by atoms with Gasteiger partial charge in [0, 0.05) is 22.0 Å². The van der Waals surface area contributed by atoms with Crippen LogP contribution in [0.2, 0.25) is 0 Å². The summed E-state index contributed by atoms with van der Waals surface area (Å²) in [6, 6.07) is 18.6. The molecule has 1 aliphatic rings. The van der Waals surface area contributed by atoms with Crippen LogP contribution >= 0.6 is 23.5 Å². The van der Waals surface area contributed by atoms with Gasteiger partial charge in [0.2, 0.25) is 0 Å². The fourth-order valence-electron chi connectivity index (χ4n) is 3.83. The quantitative estimate of drug-likeness (QED) is 0.258. The SMILES string of the molecule is O=C(Nc1ccccc1SC[C@H]1CSc2nc3ccccc3c(=O)n21)c1cccc(C(F)(F)F)c1. The van der Waals surface area contributed by atoms with Crippen molar-refractivity contribution in [3.63, 3.8) is 0 Å². The molecule has 0 saturated heterocycles. The van der Waals surface area contributed by atoms with Gasteiger partial charge in [0.25, 0.3) is 11.5 Å². The Balaban J connectivity index is 1.34. The molecule has 35 heavy (non-hydrogen) atoms. The Morgan fingerprint density at radius 2 is 1.86 bits per heavy atom. The van der Waals surface area contributed by atoms with Gasteiger partial charge in [-0.2, -0.15) is 13.2 Å². The van der Waals surface area contributed by atoms with Crippen molar-refractivity contribution in [1.29, 1.82) is 0 Å². The van der Waals surface area contributed by atoms with E-state index >= 15 is 0 Å². The monoisotopic (exact) mass is 513 g/mol. The number of rotatable bonds is 5. The van der Waals surface area contributed by atoms with E-state index in [4.69, 9.17) is 0 Å². The van der Waals surface area contributed by atoms with Crippen molar-refractivity contribution in [2.24, 2.45) is 0 Å².